The zero-order valence-corrected chi connectivity index (χ0v) is 13.5. The summed E-state index contributed by atoms with van der Waals surface area (Å²) in [5, 5.41) is 3.42. The molecule has 1 rings (SSSR count). The molecule has 0 amide bonds. The molecule has 0 aliphatic heterocycles. The zero-order valence-electron chi connectivity index (χ0n) is 13.5. The van der Waals surface area contributed by atoms with Crippen LogP contribution in [0.25, 0.3) is 0 Å². The quantitative estimate of drug-likeness (QED) is 0.744. The number of methoxy groups -OCH3 is 1. The molecule has 1 aromatic rings. The minimum absolute atomic E-state index is 0.108. The Morgan fingerprint density at radius 3 is 2.48 bits per heavy atom. The molecule has 0 bridgehead atoms. The van der Waals surface area contributed by atoms with Crippen molar-refractivity contribution < 1.29 is 9.53 Å². The van der Waals surface area contributed by atoms with Gasteiger partial charge in [-0.05, 0) is 30.5 Å². The lowest BCUT2D eigenvalue weighted by Crippen LogP contribution is -2.31. The number of carbonyl (C=O) groups is 1. The Bertz CT molecular complexity index is 440. The SMILES string of the molecule is COC(=O)C(C)CC(Cc1ccccc1)N/C=C\C(C)C. The Labute approximate surface area is 128 Å². The first kappa shape index (κ1) is 17.3. The summed E-state index contributed by atoms with van der Waals surface area (Å²) in [5.74, 6) is 0.249. The number of nitrogens with one attached hydrogen (secondary N) is 1. The molecule has 1 N–H and O–H groups in total. The average molecular weight is 289 g/mol. The van der Waals surface area contributed by atoms with Crippen LogP contribution < -0.4 is 5.32 Å². The van der Waals surface area contributed by atoms with Gasteiger partial charge in [0.25, 0.3) is 0 Å². The Morgan fingerprint density at radius 2 is 1.90 bits per heavy atom. The lowest BCUT2D eigenvalue weighted by Gasteiger charge is -2.20. The predicted octanol–water partition coefficient (Wildman–Crippen LogP) is 3.56. The normalized spacial score (nSPS) is 14.1. The highest BCUT2D eigenvalue weighted by Gasteiger charge is 2.19. The summed E-state index contributed by atoms with van der Waals surface area (Å²) in [6.45, 7) is 6.20. The summed E-state index contributed by atoms with van der Waals surface area (Å²) in [4.78, 5) is 11.6. The molecule has 0 spiro atoms. The van der Waals surface area contributed by atoms with E-state index in [0.29, 0.717) is 5.92 Å². The van der Waals surface area contributed by atoms with Crippen molar-refractivity contribution in [2.75, 3.05) is 7.11 Å². The second-order valence-corrected chi connectivity index (χ2v) is 5.82. The van der Waals surface area contributed by atoms with Crippen LogP contribution in [0.2, 0.25) is 0 Å². The van der Waals surface area contributed by atoms with E-state index in [-0.39, 0.29) is 17.9 Å². The number of allylic oxidation sites excluding steroid dienone is 1. The summed E-state index contributed by atoms with van der Waals surface area (Å²) < 4.78 is 4.82. The molecule has 0 saturated carbocycles. The van der Waals surface area contributed by atoms with E-state index in [1.165, 1.54) is 12.7 Å². The Morgan fingerprint density at radius 1 is 1.24 bits per heavy atom. The molecule has 0 aliphatic carbocycles. The highest BCUT2D eigenvalue weighted by atomic mass is 16.5. The molecule has 3 heteroatoms. The topological polar surface area (TPSA) is 38.3 Å². The van der Waals surface area contributed by atoms with E-state index in [0.717, 1.165) is 12.8 Å². The minimum Gasteiger partial charge on any atom is -0.469 e. The third kappa shape index (κ3) is 6.98. The van der Waals surface area contributed by atoms with Crippen LogP contribution >= 0.6 is 0 Å². The van der Waals surface area contributed by atoms with Crippen LogP contribution in [0.5, 0.6) is 0 Å². The van der Waals surface area contributed by atoms with Gasteiger partial charge in [-0.2, -0.15) is 0 Å². The van der Waals surface area contributed by atoms with Crippen molar-refractivity contribution in [1.29, 1.82) is 0 Å². The predicted molar refractivity (Wildman–Crippen MR) is 86.8 cm³/mol. The van der Waals surface area contributed by atoms with Crippen molar-refractivity contribution in [1.82, 2.24) is 5.32 Å². The molecule has 0 saturated heterocycles. The van der Waals surface area contributed by atoms with Crippen LogP contribution in [0.15, 0.2) is 42.6 Å². The van der Waals surface area contributed by atoms with E-state index < -0.39 is 0 Å². The van der Waals surface area contributed by atoms with Crippen LogP contribution in [-0.2, 0) is 16.0 Å². The molecule has 0 heterocycles. The summed E-state index contributed by atoms with van der Waals surface area (Å²) in [7, 11) is 1.44. The molecule has 0 aromatic heterocycles. The summed E-state index contributed by atoms with van der Waals surface area (Å²) in [6, 6.07) is 10.5. The highest BCUT2D eigenvalue weighted by molar-refractivity contribution is 5.71. The van der Waals surface area contributed by atoms with Gasteiger partial charge in [-0.3, -0.25) is 4.79 Å². The van der Waals surface area contributed by atoms with Crippen molar-refractivity contribution >= 4 is 5.97 Å². The Hall–Kier alpha value is -1.77. The first-order chi connectivity index (χ1) is 10.0. The van der Waals surface area contributed by atoms with Gasteiger partial charge < -0.3 is 10.1 Å². The fourth-order valence-corrected chi connectivity index (χ4v) is 2.22. The smallest absolute Gasteiger partial charge is 0.308 e. The van der Waals surface area contributed by atoms with Gasteiger partial charge in [-0.1, -0.05) is 57.2 Å². The van der Waals surface area contributed by atoms with Gasteiger partial charge in [0.2, 0.25) is 0 Å². The minimum atomic E-state index is -0.150. The highest BCUT2D eigenvalue weighted by Crippen LogP contribution is 2.13. The molecule has 116 valence electrons. The van der Waals surface area contributed by atoms with E-state index in [1.807, 2.05) is 31.3 Å². The molecule has 1 aromatic carbocycles. The fraction of sp³-hybridized carbons (Fsp3) is 0.500. The number of carbonyl (C=O) groups excluding carboxylic acids is 1. The van der Waals surface area contributed by atoms with Gasteiger partial charge in [0.05, 0.1) is 13.0 Å². The van der Waals surface area contributed by atoms with Crippen LogP contribution in [0.4, 0.5) is 0 Å². The molecular weight excluding hydrogens is 262 g/mol. The van der Waals surface area contributed by atoms with E-state index >= 15 is 0 Å². The monoisotopic (exact) mass is 289 g/mol. The van der Waals surface area contributed by atoms with Crippen molar-refractivity contribution in [2.45, 2.75) is 39.7 Å². The van der Waals surface area contributed by atoms with Gasteiger partial charge in [-0.25, -0.2) is 0 Å². The van der Waals surface area contributed by atoms with E-state index in [1.54, 1.807) is 0 Å². The van der Waals surface area contributed by atoms with E-state index in [9.17, 15) is 4.79 Å². The Balaban J connectivity index is 2.67. The summed E-state index contributed by atoms with van der Waals surface area (Å²) in [6.07, 6.45) is 5.78. The van der Waals surface area contributed by atoms with E-state index in [2.05, 4.69) is 37.4 Å². The van der Waals surface area contributed by atoms with Gasteiger partial charge in [0, 0.05) is 6.04 Å². The second-order valence-electron chi connectivity index (χ2n) is 5.82. The van der Waals surface area contributed by atoms with Crippen molar-refractivity contribution in [3.05, 3.63) is 48.2 Å². The second kappa shape index (κ2) is 9.22. The largest absolute Gasteiger partial charge is 0.469 e. The lowest BCUT2D eigenvalue weighted by molar-refractivity contribution is -0.145. The summed E-state index contributed by atoms with van der Waals surface area (Å²) in [5.41, 5.74) is 1.27. The van der Waals surface area contributed by atoms with Crippen molar-refractivity contribution in [3.8, 4) is 0 Å². The van der Waals surface area contributed by atoms with E-state index in [4.69, 9.17) is 4.74 Å². The third-order valence-electron chi connectivity index (χ3n) is 3.38. The van der Waals surface area contributed by atoms with Crippen LogP contribution in [0.1, 0.15) is 32.8 Å². The lowest BCUT2D eigenvalue weighted by atomic mass is 9.96. The first-order valence-electron chi connectivity index (χ1n) is 7.57. The Kier molecular flexibility index (Phi) is 7.59. The first-order valence-corrected chi connectivity index (χ1v) is 7.57. The number of esters is 1. The number of benzene rings is 1. The molecule has 2 unspecified atom stereocenters. The van der Waals surface area contributed by atoms with Gasteiger partial charge >= 0.3 is 5.97 Å². The number of ether oxygens (including phenoxy) is 1. The standard InChI is InChI=1S/C18H27NO2/c1-14(2)10-11-19-17(12-15(3)18(20)21-4)13-16-8-6-5-7-9-16/h5-11,14-15,17,19H,12-13H2,1-4H3/b11-10-. The molecule has 0 aliphatic rings. The summed E-state index contributed by atoms with van der Waals surface area (Å²) >= 11 is 0. The molecule has 2 atom stereocenters. The number of hydrogen-bond donors (Lipinski definition) is 1. The van der Waals surface area contributed by atoms with Crippen LogP contribution in [-0.4, -0.2) is 19.1 Å². The number of hydrogen-bond acceptors (Lipinski definition) is 3. The van der Waals surface area contributed by atoms with Gasteiger partial charge in [-0.15, -0.1) is 0 Å². The maximum atomic E-state index is 11.6. The van der Waals surface area contributed by atoms with Crippen molar-refractivity contribution in [2.24, 2.45) is 11.8 Å². The molecular formula is C18H27NO2. The zero-order chi connectivity index (χ0) is 15.7. The maximum absolute atomic E-state index is 11.6. The van der Waals surface area contributed by atoms with Crippen molar-refractivity contribution in [3.63, 3.8) is 0 Å². The van der Waals surface area contributed by atoms with Crippen LogP contribution in [0.3, 0.4) is 0 Å². The maximum Gasteiger partial charge on any atom is 0.308 e. The van der Waals surface area contributed by atoms with Gasteiger partial charge in [0.15, 0.2) is 0 Å². The average Bonchev–Trinajstić information content (AvgIpc) is 2.46. The fourth-order valence-electron chi connectivity index (χ4n) is 2.22. The molecule has 3 nitrogen and oxygen atoms in total. The number of rotatable bonds is 8. The molecule has 0 radical (unpaired) electrons. The molecule has 21 heavy (non-hydrogen) atoms. The van der Waals surface area contributed by atoms with Gasteiger partial charge in [0.1, 0.15) is 0 Å². The third-order valence-corrected chi connectivity index (χ3v) is 3.38. The van der Waals surface area contributed by atoms with Crippen LogP contribution in [0, 0.1) is 11.8 Å². The molecule has 0 fully saturated rings.